The molecule has 0 atom stereocenters. The first-order valence-corrected chi connectivity index (χ1v) is 10.3. The number of hydrogen-bond acceptors (Lipinski definition) is 6. The van der Waals surface area contributed by atoms with Gasteiger partial charge < -0.3 is 18.3 Å². The molecule has 154 valence electrons. The summed E-state index contributed by atoms with van der Waals surface area (Å²) in [5, 5.41) is 9.63. The molecule has 7 heteroatoms. The Labute approximate surface area is 174 Å². The summed E-state index contributed by atoms with van der Waals surface area (Å²) in [6.45, 7) is 5.17. The molecule has 0 aliphatic carbocycles. The zero-order valence-electron chi connectivity index (χ0n) is 16.7. The molecule has 30 heavy (non-hydrogen) atoms. The normalized spacial score (nSPS) is 15.1. The van der Waals surface area contributed by atoms with Crippen LogP contribution in [-0.2, 0) is 4.74 Å². The predicted molar refractivity (Wildman–Crippen MR) is 114 cm³/mol. The summed E-state index contributed by atoms with van der Waals surface area (Å²) in [6.07, 6.45) is 4.63. The van der Waals surface area contributed by atoms with Gasteiger partial charge in [0.15, 0.2) is 5.76 Å². The highest BCUT2D eigenvalue weighted by atomic mass is 16.5. The molecule has 1 aliphatic rings. The largest absolute Gasteiger partial charge is 0.493 e. The van der Waals surface area contributed by atoms with Crippen molar-refractivity contribution in [1.29, 1.82) is 5.41 Å². The van der Waals surface area contributed by atoms with Crippen LogP contribution in [0.4, 0.5) is 0 Å². The molecular formula is C23H24N4O3. The lowest BCUT2D eigenvalue weighted by Crippen LogP contribution is -2.37. The molecule has 0 spiro atoms. The van der Waals surface area contributed by atoms with Gasteiger partial charge in [0.2, 0.25) is 0 Å². The van der Waals surface area contributed by atoms with Gasteiger partial charge >= 0.3 is 0 Å². The molecule has 5 rings (SSSR count). The Balaban J connectivity index is 1.36. The van der Waals surface area contributed by atoms with Crippen LogP contribution in [0.15, 0.2) is 59.4 Å². The van der Waals surface area contributed by atoms with Crippen LogP contribution in [0.5, 0.6) is 5.75 Å². The lowest BCUT2D eigenvalue weighted by Gasteiger charge is -2.26. The van der Waals surface area contributed by atoms with Gasteiger partial charge in [0.1, 0.15) is 17.0 Å². The van der Waals surface area contributed by atoms with Crippen LogP contribution in [0.2, 0.25) is 0 Å². The van der Waals surface area contributed by atoms with Crippen molar-refractivity contribution in [1.82, 2.24) is 14.3 Å². The van der Waals surface area contributed by atoms with Crippen LogP contribution >= 0.6 is 0 Å². The molecule has 0 amide bonds. The fraction of sp³-hybridized carbons (Fsp3) is 0.304. The fourth-order valence-corrected chi connectivity index (χ4v) is 3.83. The maximum absolute atomic E-state index is 8.57. The average Bonchev–Trinajstić information content (AvgIpc) is 3.25. The summed E-state index contributed by atoms with van der Waals surface area (Å²) in [4.78, 5) is 6.86. The number of morpholine rings is 1. The number of aromatic nitrogens is 2. The Hall–Kier alpha value is -3.16. The van der Waals surface area contributed by atoms with Crippen molar-refractivity contribution in [2.24, 2.45) is 0 Å². The summed E-state index contributed by atoms with van der Waals surface area (Å²) in [7, 11) is 0. The Bertz CT molecular complexity index is 1220. The van der Waals surface area contributed by atoms with E-state index in [0.717, 1.165) is 44.8 Å². The Morgan fingerprint density at radius 3 is 2.90 bits per heavy atom. The monoisotopic (exact) mass is 404 g/mol. The third-order valence-corrected chi connectivity index (χ3v) is 5.40. The van der Waals surface area contributed by atoms with Crippen LogP contribution in [-0.4, -0.2) is 53.7 Å². The predicted octanol–water partition coefficient (Wildman–Crippen LogP) is 3.33. The molecule has 4 aromatic rings. The quantitative estimate of drug-likeness (QED) is 0.499. The number of nitrogens with zero attached hydrogens (tertiary/aromatic N) is 3. The molecule has 4 heterocycles. The standard InChI is InChI=1S/C23H24N4O3/c24-18-15-22(19-14-17-4-2-8-27(17)16-25-19)30-21-6-1-5-20(23(18)21)29-11-3-7-26-9-12-28-13-10-26/h1-2,4-6,8,14-16,24H,3,7,9-13H2. The SMILES string of the molecule is N=c1cc(-c2cc3cccn3cn2)oc2cccc(OCCCN3CCOCC3)c12. The molecule has 1 aromatic carbocycles. The Morgan fingerprint density at radius 2 is 2.00 bits per heavy atom. The third kappa shape index (κ3) is 3.81. The van der Waals surface area contributed by atoms with Crippen molar-refractivity contribution in [3.63, 3.8) is 0 Å². The minimum Gasteiger partial charge on any atom is -0.493 e. The van der Waals surface area contributed by atoms with Crippen LogP contribution < -0.4 is 10.1 Å². The summed E-state index contributed by atoms with van der Waals surface area (Å²) in [6, 6.07) is 13.3. The summed E-state index contributed by atoms with van der Waals surface area (Å²) >= 11 is 0. The maximum atomic E-state index is 8.57. The van der Waals surface area contributed by atoms with Gasteiger partial charge in [0, 0.05) is 37.4 Å². The van der Waals surface area contributed by atoms with Gasteiger partial charge in [-0.2, -0.15) is 0 Å². The van der Waals surface area contributed by atoms with Gasteiger partial charge in [0.25, 0.3) is 0 Å². The molecule has 1 aliphatic heterocycles. The molecular weight excluding hydrogens is 380 g/mol. The summed E-state index contributed by atoms with van der Waals surface area (Å²) < 4.78 is 19.5. The second-order valence-corrected chi connectivity index (χ2v) is 7.42. The molecule has 1 fully saturated rings. The van der Waals surface area contributed by atoms with E-state index in [0.29, 0.717) is 40.1 Å². The van der Waals surface area contributed by atoms with Crippen LogP contribution in [0.25, 0.3) is 27.9 Å². The molecule has 3 aromatic heterocycles. The number of nitrogens with one attached hydrogen (secondary N) is 1. The van der Waals surface area contributed by atoms with Gasteiger partial charge in [-0.3, -0.25) is 10.3 Å². The van der Waals surface area contributed by atoms with E-state index in [4.69, 9.17) is 19.3 Å². The molecule has 1 saturated heterocycles. The highest BCUT2D eigenvalue weighted by Crippen LogP contribution is 2.27. The lowest BCUT2D eigenvalue weighted by molar-refractivity contribution is 0.0358. The van der Waals surface area contributed by atoms with Gasteiger partial charge in [-0.25, -0.2) is 4.98 Å². The van der Waals surface area contributed by atoms with E-state index in [-0.39, 0.29) is 0 Å². The first-order valence-electron chi connectivity index (χ1n) is 10.3. The lowest BCUT2D eigenvalue weighted by atomic mass is 10.1. The van der Waals surface area contributed by atoms with E-state index >= 15 is 0 Å². The van der Waals surface area contributed by atoms with Crippen LogP contribution in [0.1, 0.15) is 6.42 Å². The number of benzene rings is 1. The van der Waals surface area contributed by atoms with E-state index in [1.54, 1.807) is 12.4 Å². The second kappa shape index (κ2) is 8.30. The average molecular weight is 404 g/mol. The number of ether oxygens (including phenoxy) is 2. The highest BCUT2D eigenvalue weighted by Gasteiger charge is 2.12. The van der Waals surface area contributed by atoms with Crippen LogP contribution in [0, 0.1) is 5.41 Å². The van der Waals surface area contributed by atoms with Gasteiger partial charge in [-0.1, -0.05) is 6.07 Å². The van der Waals surface area contributed by atoms with E-state index < -0.39 is 0 Å². The molecule has 7 nitrogen and oxygen atoms in total. The summed E-state index contributed by atoms with van der Waals surface area (Å²) in [5.74, 6) is 1.26. The van der Waals surface area contributed by atoms with Crippen LogP contribution in [0.3, 0.4) is 0 Å². The topological polar surface area (TPSA) is 76.0 Å². The number of fused-ring (bicyclic) bond motifs is 2. The van der Waals surface area contributed by atoms with Gasteiger partial charge in [-0.05, 0) is 36.8 Å². The van der Waals surface area contributed by atoms with Crippen molar-refractivity contribution in [2.75, 3.05) is 39.5 Å². The first kappa shape index (κ1) is 18.8. The molecule has 0 bridgehead atoms. The number of hydrogen-bond donors (Lipinski definition) is 1. The summed E-state index contributed by atoms with van der Waals surface area (Å²) in [5.41, 5.74) is 2.35. The minimum absolute atomic E-state index is 0.368. The zero-order chi connectivity index (χ0) is 20.3. The molecule has 0 saturated carbocycles. The Kier molecular flexibility index (Phi) is 5.21. The minimum atomic E-state index is 0.368. The van der Waals surface area contributed by atoms with Crippen molar-refractivity contribution < 1.29 is 13.9 Å². The van der Waals surface area contributed by atoms with Gasteiger partial charge in [-0.15, -0.1) is 0 Å². The van der Waals surface area contributed by atoms with Crippen molar-refractivity contribution in [3.05, 3.63) is 60.3 Å². The second-order valence-electron chi connectivity index (χ2n) is 7.42. The van der Waals surface area contributed by atoms with Crippen molar-refractivity contribution in [2.45, 2.75) is 6.42 Å². The van der Waals surface area contributed by atoms with Crippen molar-refractivity contribution >= 4 is 16.5 Å². The smallest absolute Gasteiger partial charge is 0.155 e. The van der Waals surface area contributed by atoms with Gasteiger partial charge in [0.05, 0.1) is 36.9 Å². The Morgan fingerprint density at radius 1 is 1.10 bits per heavy atom. The third-order valence-electron chi connectivity index (χ3n) is 5.40. The van der Waals surface area contributed by atoms with E-state index in [2.05, 4.69) is 9.88 Å². The molecule has 0 radical (unpaired) electrons. The fourth-order valence-electron chi connectivity index (χ4n) is 3.83. The zero-order valence-corrected chi connectivity index (χ0v) is 16.7. The van der Waals surface area contributed by atoms with E-state index in [9.17, 15) is 0 Å². The van der Waals surface area contributed by atoms with E-state index in [1.165, 1.54) is 0 Å². The molecule has 0 unspecified atom stereocenters. The highest BCUT2D eigenvalue weighted by molar-refractivity contribution is 5.84. The molecule has 1 N–H and O–H groups in total. The number of rotatable bonds is 6. The first-order chi connectivity index (χ1) is 14.8. The van der Waals surface area contributed by atoms with Crippen molar-refractivity contribution in [3.8, 4) is 17.2 Å². The van der Waals surface area contributed by atoms with E-state index in [1.807, 2.05) is 47.0 Å². The maximum Gasteiger partial charge on any atom is 0.155 e.